The highest BCUT2D eigenvalue weighted by Crippen LogP contribution is 2.20. The molecule has 0 saturated carbocycles. The molecule has 6 heteroatoms. The molecule has 0 N–H and O–H groups in total. The van der Waals surface area contributed by atoms with Crippen LogP contribution in [0.2, 0.25) is 0 Å². The van der Waals surface area contributed by atoms with E-state index in [9.17, 15) is 23.1 Å². The van der Waals surface area contributed by atoms with E-state index in [2.05, 4.69) is 4.74 Å². The van der Waals surface area contributed by atoms with Crippen molar-refractivity contribution >= 4 is 5.97 Å². The van der Waals surface area contributed by atoms with E-state index in [1.807, 2.05) is 0 Å². The van der Waals surface area contributed by atoms with Gasteiger partial charge < -0.3 is 9.84 Å². The smallest absolute Gasteiger partial charge is 0.491 e. The van der Waals surface area contributed by atoms with E-state index >= 15 is 0 Å². The highest BCUT2D eigenvalue weighted by Gasteiger charge is 2.41. The number of alkyl halides is 3. The fourth-order valence-corrected chi connectivity index (χ4v) is 0.673. The van der Waals surface area contributed by atoms with Crippen LogP contribution in [0.4, 0.5) is 13.2 Å². The predicted molar refractivity (Wildman–Crippen MR) is 37.6 cm³/mol. The molecule has 0 aromatic heterocycles. The van der Waals surface area contributed by atoms with Crippen molar-refractivity contribution in [3.8, 4) is 11.5 Å². The zero-order chi connectivity index (χ0) is 10.8. The van der Waals surface area contributed by atoms with Gasteiger partial charge in [-0.05, 0) is 12.1 Å². The number of ether oxygens (including phenoxy) is 1. The highest BCUT2D eigenvalue weighted by atomic mass is 19.4. The van der Waals surface area contributed by atoms with Gasteiger partial charge in [0.1, 0.15) is 5.75 Å². The zero-order valence-electron chi connectivity index (χ0n) is 6.67. The quantitative estimate of drug-likeness (QED) is 0.511. The highest BCUT2D eigenvalue weighted by molar-refractivity contribution is 5.78. The summed E-state index contributed by atoms with van der Waals surface area (Å²) in [4.78, 5) is 10.3. The first-order chi connectivity index (χ1) is 6.39. The second kappa shape index (κ2) is 3.57. The number of carbonyl (C=O) groups excluding carboxylic acids is 1. The average molecular weight is 205 g/mol. The van der Waals surface area contributed by atoms with Crippen molar-refractivity contribution in [3.05, 3.63) is 24.3 Å². The molecule has 0 heterocycles. The van der Waals surface area contributed by atoms with E-state index in [4.69, 9.17) is 0 Å². The topological polar surface area (TPSA) is 49.4 Å². The minimum atomic E-state index is -5.03. The molecule has 0 radical (unpaired) electrons. The molecule has 0 atom stereocenters. The Kier molecular flexibility index (Phi) is 2.64. The van der Waals surface area contributed by atoms with Crippen molar-refractivity contribution in [2.75, 3.05) is 0 Å². The number of esters is 1. The van der Waals surface area contributed by atoms with Crippen molar-refractivity contribution in [3.63, 3.8) is 0 Å². The first kappa shape index (κ1) is 10.4. The molecule has 0 unspecified atom stereocenters. The van der Waals surface area contributed by atoms with Crippen LogP contribution in [0.1, 0.15) is 0 Å². The minimum Gasteiger partial charge on any atom is -0.872 e. The molecule has 1 aromatic carbocycles. The van der Waals surface area contributed by atoms with Crippen molar-refractivity contribution in [1.29, 1.82) is 0 Å². The van der Waals surface area contributed by atoms with Gasteiger partial charge in [-0.15, -0.1) is 5.75 Å². The van der Waals surface area contributed by atoms with Gasteiger partial charge in [0.25, 0.3) is 0 Å². The Morgan fingerprint density at radius 3 is 2.14 bits per heavy atom. The van der Waals surface area contributed by atoms with Gasteiger partial charge in [0.2, 0.25) is 0 Å². The summed E-state index contributed by atoms with van der Waals surface area (Å²) in [6.07, 6.45) is -5.03. The maximum absolute atomic E-state index is 11.7. The van der Waals surface area contributed by atoms with Crippen LogP contribution in [0, 0.1) is 0 Å². The minimum absolute atomic E-state index is 0.313. The van der Waals surface area contributed by atoms with E-state index < -0.39 is 12.1 Å². The Morgan fingerprint density at radius 1 is 1.21 bits per heavy atom. The van der Waals surface area contributed by atoms with Crippen LogP contribution in [0.3, 0.4) is 0 Å². The molecule has 1 aromatic rings. The Bertz CT molecular complexity index is 329. The maximum atomic E-state index is 11.7. The van der Waals surface area contributed by atoms with E-state index in [1.165, 1.54) is 0 Å². The molecule has 0 bridgehead atoms. The fourth-order valence-electron chi connectivity index (χ4n) is 0.673. The van der Waals surface area contributed by atoms with Gasteiger partial charge >= 0.3 is 12.1 Å². The third-order valence-corrected chi connectivity index (χ3v) is 1.27. The van der Waals surface area contributed by atoms with Gasteiger partial charge in [-0.25, -0.2) is 4.79 Å². The molecule has 0 saturated heterocycles. The van der Waals surface area contributed by atoms with Gasteiger partial charge in [0, 0.05) is 0 Å². The summed E-state index contributed by atoms with van der Waals surface area (Å²) in [5.74, 6) is -3.00. The lowest BCUT2D eigenvalue weighted by Gasteiger charge is -2.08. The number of benzene rings is 1. The monoisotopic (exact) mass is 205 g/mol. The van der Waals surface area contributed by atoms with Crippen LogP contribution in [-0.4, -0.2) is 12.1 Å². The van der Waals surface area contributed by atoms with Crippen molar-refractivity contribution in [2.24, 2.45) is 0 Å². The summed E-state index contributed by atoms with van der Waals surface area (Å²) < 4.78 is 39.0. The summed E-state index contributed by atoms with van der Waals surface area (Å²) >= 11 is 0. The summed E-state index contributed by atoms with van der Waals surface area (Å²) in [6, 6.07) is 3.98. The third kappa shape index (κ3) is 2.65. The van der Waals surface area contributed by atoms with Crippen LogP contribution < -0.4 is 9.84 Å². The maximum Gasteiger partial charge on any atom is 0.491 e. The Balaban J connectivity index is 2.71. The van der Waals surface area contributed by atoms with E-state index in [-0.39, 0.29) is 11.5 Å². The van der Waals surface area contributed by atoms with Crippen molar-refractivity contribution in [1.82, 2.24) is 0 Å². The SMILES string of the molecule is O=C(Oc1ccc([O-])cc1)C(F)(F)F. The lowest BCUT2D eigenvalue weighted by molar-refractivity contribution is -0.268. The van der Waals surface area contributed by atoms with Crippen LogP contribution in [0.5, 0.6) is 11.5 Å². The molecule has 0 aliphatic heterocycles. The molecular weight excluding hydrogens is 201 g/mol. The van der Waals surface area contributed by atoms with Crippen LogP contribution in [-0.2, 0) is 4.79 Å². The Hall–Kier alpha value is -1.72. The largest absolute Gasteiger partial charge is 0.872 e. The number of rotatable bonds is 1. The Labute approximate surface area is 76.7 Å². The standard InChI is InChI=1S/C8H5F3O3/c9-8(10,11)7(13)14-6-3-1-5(12)2-4-6/h1-4,12H/p-1. The third-order valence-electron chi connectivity index (χ3n) is 1.27. The summed E-state index contributed by atoms with van der Waals surface area (Å²) in [6.45, 7) is 0. The molecule has 14 heavy (non-hydrogen) atoms. The van der Waals surface area contributed by atoms with Gasteiger partial charge in [0.15, 0.2) is 0 Å². The number of carbonyl (C=O) groups is 1. The summed E-state index contributed by atoms with van der Waals surface area (Å²) in [7, 11) is 0. The van der Waals surface area contributed by atoms with Crippen molar-refractivity contribution in [2.45, 2.75) is 6.18 Å². The van der Waals surface area contributed by atoms with Crippen LogP contribution >= 0.6 is 0 Å². The summed E-state index contributed by atoms with van der Waals surface area (Å²) in [5, 5.41) is 10.5. The number of halogens is 3. The molecule has 0 aliphatic rings. The van der Waals surface area contributed by atoms with E-state index in [0.717, 1.165) is 24.3 Å². The molecule has 0 aliphatic carbocycles. The van der Waals surface area contributed by atoms with Gasteiger partial charge in [-0.1, -0.05) is 12.1 Å². The molecule has 0 amide bonds. The second-order valence-corrected chi connectivity index (χ2v) is 2.36. The molecule has 3 nitrogen and oxygen atoms in total. The van der Waals surface area contributed by atoms with Crippen LogP contribution in [0.25, 0.3) is 0 Å². The molecular formula is C8H4F3O3-. The number of hydrogen-bond donors (Lipinski definition) is 0. The fraction of sp³-hybridized carbons (Fsp3) is 0.125. The van der Waals surface area contributed by atoms with E-state index in [0.29, 0.717) is 0 Å². The normalized spacial score (nSPS) is 11.1. The molecule has 0 fully saturated rings. The first-order valence-electron chi connectivity index (χ1n) is 3.45. The van der Waals surface area contributed by atoms with Gasteiger partial charge in [-0.3, -0.25) is 0 Å². The molecule has 1 rings (SSSR count). The van der Waals surface area contributed by atoms with Crippen molar-refractivity contribution < 1.29 is 27.8 Å². The van der Waals surface area contributed by atoms with Gasteiger partial charge in [0.05, 0.1) is 0 Å². The van der Waals surface area contributed by atoms with E-state index in [1.54, 1.807) is 0 Å². The first-order valence-corrected chi connectivity index (χ1v) is 3.45. The predicted octanol–water partition coefficient (Wildman–Crippen LogP) is 1.23. The lowest BCUT2D eigenvalue weighted by atomic mass is 10.3. The number of hydrogen-bond acceptors (Lipinski definition) is 3. The second-order valence-electron chi connectivity index (χ2n) is 2.36. The molecule has 0 spiro atoms. The molecule has 76 valence electrons. The average Bonchev–Trinajstić information content (AvgIpc) is 2.07. The summed E-state index contributed by atoms with van der Waals surface area (Å²) in [5.41, 5.74) is 0. The zero-order valence-corrected chi connectivity index (χ0v) is 6.67. The lowest BCUT2D eigenvalue weighted by Crippen LogP contribution is -2.27. The van der Waals surface area contributed by atoms with Gasteiger partial charge in [-0.2, -0.15) is 13.2 Å². The van der Waals surface area contributed by atoms with Crippen LogP contribution in [0.15, 0.2) is 24.3 Å². The Morgan fingerprint density at radius 2 is 1.71 bits per heavy atom.